The van der Waals surface area contributed by atoms with Crippen molar-refractivity contribution in [2.45, 2.75) is 47.0 Å². The lowest BCUT2D eigenvalue weighted by Crippen LogP contribution is -2.47. The van der Waals surface area contributed by atoms with Crippen molar-refractivity contribution in [1.29, 1.82) is 0 Å². The minimum absolute atomic E-state index is 0.0302. The Hall–Kier alpha value is -3.26. The van der Waals surface area contributed by atoms with E-state index in [0.717, 1.165) is 59.0 Å². The maximum atomic E-state index is 14.6. The van der Waals surface area contributed by atoms with Crippen LogP contribution in [0.5, 0.6) is 0 Å². The molecule has 0 saturated carbocycles. The summed E-state index contributed by atoms with van der Waals surface area (Å²) >= 11 is 7.59. The molecular formula is C33H37ClN4O2S. The molecule has 41 heavy (non-hydrogen) atoms. The Balaban J connectivity index is 1.80. The number of carbonyl (C=O) groups is 1. The number of para-hydroxylation sites is 1. The lowest BCUT2D eigenvalue weighted by molar-refractivity contribution is 0.0733. The Morgan fingerprint density at radius 2 is 1.71 bits per heavy atom. The zero-order valence-corrected chi connectivity index (χ0v) is 25.7. The third-order valence-corrected chi connectivity index (χ3v) is 8.74. The quantitative estimate of drug-likeness (QED) is 0.250. The number of nitrogens with zero attached hydrogens (tertiary/aromatic N) is 3. The molecule has 0 unspecified atom stereocenters. The molecule has 1 aliphatic heterocycles. The first kappa shape index (κ1) is 29.2. The van der Waals surface area contributed by atoms with Gasteiger partial charge in [-0.3, -0.25) is 14.2 Å². The summed E-state index contributed by atoms with van der Waals surface area (Å²) in [5, 5.41) is 6.71. The van der Waals surface area contributed by atoms with E-state index in [4.69, 9.17) is 16.6 Å². The molecule has 2 aromatic carbocycles. The summed E-state index contributed by atoms with van der Waals surface area (Å²) in [5.74, 6) is 0.216. The maximum Gasteiger partial charge on any atom is 0.264 e. The molecule has 1 fully saturated rings. The normalized spacial score (nSPS) is 13.7. The first-order valence-corrected chi connectivity index (χ1v) is 15.7. The van der Waals surface area contributed by atoms with Gasteiger partial charge in [-0.15, -0.1) is 11.3 Å². The summed E-state index contributed by atoms with van der Waals surface area (Å²) < 4.78 is 1.85. The highest BCUT2D eigenvalue weighted by Crippen LogP contribution is 2.32. The van der Waals surface area contributed by atoms with Crippen LogP contribution in [0.25, 0.3) is 27.5 Å². The zero-order chi connectivity index (χ0) is 29.1. The molecule has 214 valence electrons. The molecule has 0 atom stereocenters. The van der Waals surface area contributed by atoms with Crippen molar-refractivity contribution in [3.05, 3.63) is 91.7 Å². The third kappa shape index (κ3) is 6.03. The van der Waals surface area contributed by atoms with Gasteiger partial charge in [-0.25, -0.2) is 4.98 Å². The molecule has 8 heteroatoms. The smallest absolute Gasteiger partial charge is 0.264 e. The van der Waals surface area contributed by atoms with E-state index in [-0.39, 0.29) is 17.4 Å². The van der Waals surface area contributed by atoms with Gasteiger partial charge in [0, 0.05) is 47.8 Å². The lowest BCUT2D eigenvalue weighted by Gasteiger charge is -2.30. The Morgan fingerprint density at radius 1 is 1.05 bits per heavy atom. The highest BCUT2D eigenvalue weighted by atomic mass is 35.5. The molecule has 3 heterocycles. The first-order chi connectivity index (χ1) is 19.8. The van der Waals surface area contributed by atoms with Crippen LogP contribution < -0.4 is 10.9 Å². The zero-order valence-electron chi connectivity index (χ0n) is 24.2. The Labute approximate surface area is 251 Å². The highest BCUT2D eigenvalue weighted by Gasteiger charge is 2.28. The maximum absolute atomic E-state index is 14.6. The summed E-state index contributed by atoms with van der Waals surface area (Å²) in [6.07, 6.45) is 2.16. The number of aryl methyl sites for hydroxylation is 2. The van der Waals surface area contributed by atoms with Gasteiger partial charge in [0.1, 0.15) is 5.01 Å². The largest absolute Gasteiger partial charge is 0.336 e. The van der Waals surface area contributed by atoms with Crippen LogP contribution in [0.15, 0.2) is 58.7 Å². The van der Waals surface area contributed by atoms with E-state index in [1.54, 1.807) is 0 Å². The van der Waals surface area contributed by atoms with Crippen LogP contribution in [0.3, 0.4) is 0 Å². The summed E-state index contributed by atoms with van der Waals surface area (Å²) in [5.41, 5.74) is 6.28. The first-order valence-electron chi connectivity index (χ1n) is 14.4. The second-order valence-corrected chi connectivity index (χ2v) is 12.2. The van der Waals surface area contributed by atoms with Crippen molar-refractivity contribution in [2.24, 2.45) is 5.92 Å². The van der Waals surface area contributed by atoms with Crippen LogP contribution in [-0.2, 0) is 19.3 Å². The number of hydrogen-bond acceptors (Lipinski definition) is 5. The topological polar surface area (TPSA) is 67.2 Å². The van der Waals surface area contributed by atoms with Gasteiger partial charge in [-0.2, -0.15) is 0 Å². The molecule has 0 radical (unpaired) electrons. The molecule has 4 aromatic rings. The highest BCUT2D eigenvalue weighted by molar-refractivity contribution is 7.13. The van der Waals surface area contributed by atoms with Crippen molar-refractivity contribution in [1.82, 2.24) is 19.8 Å². The van der Waals surface area contributed by atoms with Crippen molar-refractivity contribution in [2.75, 3.05) is 26.2 Å². The molecule has 1 saturated heterocycles. The Morgan fingerprint density at radius 3 is 2.32 bits per heavy atom. The average Bonchev–Trinajstić information content (AvgIpc) is 3.47. The molecule has 0 aliphatic carbocycles. The number of pyridine rings is 1. The second-order valence-electron chi connectivity index (χ2n) is 10.9. The molecule has 0 bridgehead atoms. The van der Waals surface area contributed by atoms with Gasteiger partial charge >= 0.3 is 0 Å². The summed E-state index contributed by atoms with van der Waals surface area (Å²) in [6.45, 7) is 11.3. The van der Waals surface area contributed by atoms with Crippen molar-refractivity contribution in [3.63, 3.8) is 0 Å². The Bertz CT molecular complexity index is 1580. The van der Waals surface area contributed by atoms with E-state index in [2.05, 4.69) is 51.2 Å². The standard InChI is InChI=1S/C33H37ClN4O2S/c1-5-22-8-7-9-23(6-2)30(22)38-29(18-21(3)4)27(32(39)37-16-14-35-15-17-37)19-26(33(38)40)28-20-41-31(36-28)24-10-12-25(34)13-11-24/h7-13,19-21,35H,5-6,14-18H2,1-4H3. The second kappa shape index (κ2) is 12.7. The number of nitrogens with one attached hydrogen (secondary N) is 1. The van der Waals surface area contributed by atoms with Crippen molar-refractivity contribution >= 4 is 28.8 Å². The van der Waals surface area contributed by atoms with Gasteiger partial charge in [-0.05, 0) is 54.5 Å². The fraction of sp³-hybridized carbons (Fsp3) is 0.364. The fourth-order valence-corrected chi connectivity index (χ4v) is 6.46. The number of thiazole rings is 1. The number of benzene rings is 2. The fourth-order valence-electron chi connectivity index (χ4n) is 5.51. The number of halogens is 1. The number of rotatable bonds is 8. The summed E-state index contributed by atoms with van der Waals surface area (Å²) in [7, 11) is 0. The van der Waals surface area contributed by atoms with Crippen molar-refractivity contribution in [3.8, 4) is 27.5 Å². The van der Waals surface area contributed by atoms with Gasteiger partial charge < -0.3 is 10.2 Å². The molecule has 2 aromatic heterocycles. The summed E-state index contributed by atoms with van der Waals surface area (Å²) in [6, 6.07) is 15.6. The number of amides is 1. The predicted octanol–water partition coefficient (Wildman–Crippen LogP) is 6.65. The van der Waals surface area contributed by atoms with Gasteiger partial charge in [0.15, 0.2) is 0 Å². The minimum atomic E-state index is -0.138. The number of piperazine rings is 1. The average molecular weight is 589 g/mol. The minimum Gasteiger partial charge on any atom is -0.336 e. The van der Waals surface area contributed by atoms with Crippen LogP contribution in [0.1, 0.15) is 54.9 Å². The van der Waals surface area contributed by atoms with Crippen LogP contribution in [0, 0.1) is 5.92 Å². The van der Waals surface area contributed by atoms with Gasteiger partial charge in [0.25, 0.3) is 11.5 Å². The molecule has 1 amide bonds. The van der Waals surface area contributed by atoms with E-state index in [0.29, 0.717) is 41.4 Å². The molecule has 1 aliphatic rings. The molecule has 1 N–H and O–H groups in total. The van der Waals surface area contributed by atoms with E-state index in [1.165, 1.54) is 11.3 Å². The molecule has 6 nitrogen and oxygen atoms in total. The van der Waals surface area contributed by atoms with Crippen molar-refractivity contribution < 1.29 is 4.79 Å². The molecule has 5 rings (SSSR count). The van der Waals surface area contributed by atoms with Crippen LogP contribution in [-0.4, -0.2) is 46.5 Å². The third-order valence-electron chi connectivity index (χ3n) is 7.60. The number of hydrogen-bond donors (Lipinski definition) is 1. The number of aromatic nitrogens is 2. The van der Waals surface area contributed by atoms with Crippen LogP contribution >= 0.6 is 22.9 Å². The van der Waals surface area contributed by atoms with Gasteiger partial charge in [0.2, 0.25) is 0 Å². The number of carbonyl (C=O) groups excluding carboxylic acids is 1. The van der Waals surface area contributed by atoms with Crippen LogP contribution in [0.4, 0.5) is 0 Å². The predicted molar refractivity (Wildman–Crippen MR) is 170 cm³/mol. The SMILES string of the molecule is CCc1cccc(CC)c1-n1c(CC(C)C)c(C(=O)N2CCNCC2)cc(-c2csc(-c3ccc(Cl)cc3)n2)c1=O. The Kier molecular flexibility index (Phi) is 9.07. The van der Waals surface area contributed by atoms with E-state index >= 15 is 0 Å². The lowest BCUT2D eigenvalue weighted by atomic mass is 9.96. The molecular weight excluding hydrogens is 552 g/mol. The monoisotopic (exact) mass is 588 g/mol. The molecule has 0 spiro atoms. The summed E-state index contributed by atoms with van der Waals surface area (Å²) in [4.78, 5) is 35.6. The van der Waals surface area contributed by atoms with Gasteiger partial charge in [-0.1, -0.05) is 69.6 Å². The van der Waals surface area contributed by atoms with E-state index in [9.17, 15) is 9.59 Å². The van der Waals surface area contributed by atoms with Gasteiger partial charge in [0.05, 0.1) is 22.5 Å². The van der Waals surface area contributed by atoms with E-state index < -0.39 is 0 Å². The van der Waals surface area contributed by atoms with Crippen LogP contribution in [0.2, 0.25) is 5.02 Å². The van der Waals surface area contributed by atoms with E-state index in [1.807, 2.05) is 45.2 Å².